The van der Waals surface area contributed by atoms with E-state index in [0.29, 0.717) is 16.1 Å². The third kappa shape index (κ3) is 4.03. The molecule has 0 radical (unpaired) electrons. The summed E-state index contributed by atoms with van der Waals surface area (Å²) in [6.07, 6.45) is 0. The molecule has 1 atom stereocenters. The van der Waals surface area contributed by atoms with Gasteiger partial charge in [0, 0.05) is 6.04 Å². The fourth-order valence-corrected chi connectivity index (χ4v) is 3.71. The first-order valence-electron chi connectivity index (χ1n) is 8.62. The zero-order valence-corrected chi connectivity index (χ0v) is 16.1. The van der Waals surface area contributed by atoms with Gasteiger partial charge >= 0.3 is 0 Å². The second-order valence-electron chi connectivity index (χ2n) is 6.41. The molecule has 0 saturated carbocycles. The molecule has 1 N–H and O–H groups in total. The van der Waals surface area contributed by atoms with Gasteiger partial charge < -0.3 is 5.32 Å². The zero-order valence-electron chi connectivity index (χ0n) is 15.3. The molecular formula is C20H20FN3O2S. The van der Waals surface area contributed by atoms with Gasteiger partial charge in [-0.15, -0.1) is 0 Å². The van der Waals surface area contributed by atoms with Gasteiger partial charge in [0.15, 0.2) is 5.16 Å². The Kier molecular flexibility index (Phi) is 5.60. The monoisotopic (exact) mass is 385 g/mol. The maximum Gasteiger partial charge on any atom is 0.262 e. The van der Waals surface area contributed by atoms with Gasteiger partial charge in [0.05, 0.1) is 21.8 Å². The van der Waals surface area contributed by atoms with Crippen LogP contribution in [-0.4, -0.2) is 20.7 Å². The molecule has 27 heavy (non-hydrogen) atoms. The highest BCUT2D eigenvalue weighted by molar-refractivity contribution is 8.00. The van der Waals surface area contributed by atoms with Crippen LogP contribution in [0, 0.1) is 5.82 Å². The number of benzene rings is 2. The summed E-state index contributed by atoms with van der Waals surface area (Å²) in [5.74, 6) is -0.853. The Hall–Kier alpha value is -2.67. The Balaban J connectivity index is 1.91. The van der Waals surface area contributed by atoms with E-state index in [-0.39, 0.29) is 23.2 Å². The van der Waals surface area contributed by atoms with E-state index in [1.54, 1.807) is 41.8 Å². The van der Waals surface area contributed by atoms with Crippen LogP contribution in [-0.2, 0) is 4.79 Å². The first kappa shape index (κ1) is 19.1. The van der Waals surface area contributed by atoms with Crippen molar-refractivity contribution < 1.29 is 9.18 Å². The van der Waals surface area contributed by atoms with Crippen molar-refractivity contribution in [1.82, 2.24) is 9.55 Å². The number of amides is 1. The highest BCUT2D eigenvalue weighted by atomic mass is 32.2. The molecule has 0 bridgehead atoms. The number of halogens is 1. The van der Waals surface area contributed by atoms with Crippen molar-refractivity contribution in [3.63, 3.8) is 0 Å². The van der Waals surface area contributed by atoms with E-state index < -0.39 is 11.1 Å². The van der Waals surface area contributed by atoms with Gasteiger partial charge in [0.2, 0.25) is 5.91 Å². The van der Waals surface area contributed by atoms with Crippen LogP contribution in [0.1, 0.15) is 26.8 Å². The molecule has 0 saturated heterocycles. The fourth-order valence-electron chi connectivity index (χ4n) is 2.67. The number of thioether (sulfide) groups is 1. The molecule has 2 aromatic carbocycles. The van der Waals surface area contributed by atoms with Gasteiger partial charge in [0.25, 0.3) is 5.56 Å². The quantitative estimate of drug-likeness (QED) is 0.527. The number of fused-ring (bicyclic) bond motifs is 1. The lowest BCUT2D eigenvalue weighted by molar-refractivity contribution is -0.115. The molecule has 1 heterocycles. The lowest BCUT2D eigenvalue weighted by Gasteiger charge is -2.18. The lowest BCUT2D eigenvalue weighted by Crippen LogP contribution is -2.28. The summed E-state index contributed by atoms with van der Waals surface area (Å²) in [7, 11) is 0. The Morgan fingerprint density at radius 3 is 2.48 bits per heavy atom. The molecule has 3 rings (SSSR count). The predicted molar refractivity (Wildman–Crippen MR) is 107 cm³/mol. The Morgan fingerprint density at radius 2 is 1.78 bits per heavy atom. The number of nitrogens with zero attached hydrogens (tertiary/aromatic N) is 2. The van der Waals surface area contributed by atoms with Gasteiger partial charge in [-0.1, -0.05) is 36.0 Å². The molecule has 0 fully saturated rings. The van der Waals surface area contributed by atoms with Crippen LogP contribution in [0.4, 0.5) is 10.1 Å². The van der Waals surface area contributed by atoms with Crippen molar-refractivity contribution in [3.8, 4) is 0 Å². The van der Waals surface area contributed by atoms with Crippen LogP contribution in [0.25, 0.3) is 10.9 Å². The third-order valence-electron chi connectivity index (χ3n) is 4.07. The van der Waals surface area contributed by atoms with Crippen molar-refractivity contribution in [2.24, 2.45) is 0 Å². The summed E-state index contributed by atoms with van der Waals surface area (Å²) in [6, 6.07) is 13.0. The second-order valence-corrected chi connectivity index (χ2v) is 7.72. The Labute approximate surface area is 160 Å². The predicted octanol–water partition coefficient (Wildman–Crippen LogP) is 4.24. The molecule has 0 spiro atoms. The number of rotatable bonds is 5. The van der Waals surface area contributed by atoms with E-state index >= 15 is 0 Å². The summed E-state index contributed by atoms with van der Waals surface area (Å²) >= 11 is 1.18. The van der Waals surface area contributed by atoms with Gasteiger partial charge in [-0.2, -0.15) is 0 Å². The van der Waals surface area contributed by atoms with Gasteiger partial charge in [-0.3, -0.25) is 14.2 Å². The fraction of sp³-hybridized carbons (Fsp3) is 0.250. The molecule has 0 aliphatic heterocycles. The molecule has 7 heteroatoms. The summed E-state index contributed by atoms with van der Waals surface area (Å²) in [5, 5.41) is 3.02. The van der Waals surface area contributed by atoms with E-state index in [0.717, 1.165) is 0 Å². The van der Waals surface area contributed by atoms with Crippen LogP contribution in [0.15, 0.2) is 58.5 Å². The van der Waals surface area contributed by atoms with Gasteiger partial charge in [0.1, 0.15) is 5.82 Å². The standard InChI is InChI=1S/C20H20FN3O2S/c1-12(2)24-19(26)14-8-4-6-10-16(14)23-20(24)27-13(3)18(25)22-17-11-7-5-9-15(17)21/h4-13H,1-3H3,(H,22,25). The van der Waals surface area contributed by atoms with Crippen molar-refractivity contribution in [1.29, 1.82) is 0 Å². The molecule has 0 aliphatic rings. The second kappa shape index (κ2) is 7.92. The molecular weight excluding hydrogens is 365 g/mol. The average molecular weight is 385 g/mol. The Morgan fingerprint density at radius 1 is 1.11 bits per heavy atom. The van der Waals surface area contributed by atoms with Crippen molar-refractivity contribution in [3.05, 3.63) is 64.7 Å². The molecule has 5 nitrogen and oxygen atoms in total. The van der Waals surface area contributed by atoms with E-state index in [4.69, 9.17) is 0 Å². The number of para-hydroxylation sites is 2. The number of hydrogen-bond donors (Lipinski definition) is 1. The highest BCUT2D eigenvalue weighted by Gasteiger charge is 2.21. The topological polar surface area (TPSA) is 64.0 Å². The summed E-state index contributed by atoms with van der Waals surface area (Å²) < 4.78 is 15.3. The molecule has 1 aromatic heterocycles. The maximum atomic E-state index is 13.8. The average Bonchev–Trinajstić information content (AvgIpc) is 2.63. The SMILES string of the molecule is CC(Sc1nc2ccccc2c(=O)n1C(C)C)C(=O)Nc1ccccc1F. The lowest BCUT2D eigenvalue weighted by atomic mass is 10.2. The highest BCUT2D eigenvalue weighted by Crippen LogP contribution is 2.26. The van der Waals surface area contributed by atoms with E-state index in [1.165, 1.54) is 23.9 Å². The summed E-state index contributed by atoms with van der Waals surface area (Å²) in [4.78, 5) is 29.9. The number of aromatic nitrogens is 2. The minimum atomic E-state index is -0.567. The van der Waals surface area contributed by atoms with Crippen LogP contribution < -0.4 is 10.9 Å². The van der Waals surface area contributed by atoms with E-state index in [9.17, 15) is 14.0 Å². The van der Waals surface area contributed by atoms with E-state index in [1.807, 2.05) is 19.9 Å². The Bertz CT molecular complexity index is 1050. The number of carbonyl (C=O) groups excluding carboxylic acids is 1. The number of carbonyl (C=O) groups is 1. The normalized spacial score (nSPS) is 12.3. The minimum Gasteiger partial charge on any atom is -0.323 e. The van der Waals surface area contributed by atoms with Crippen molar-refractivity contribution in [2.45, 2.75) is 37.2 Å². The summed E-state index contributed by atoms with van der Waals surface area (Å²) in [5.41, 5.74) is 0.575. The molecule has 1 amide bonds. The molecule has 140 valence electrons. The molecule has 1 unspecified atom stereocenters. The smallest absolute Gasteiger partial charge is 0.262 e. The van der Waals surface area contributed by atoms with Crippen LogP contribution in [0.5, 0.6) is 0 Å². The number of hydrogen-bond acceptors (Lipinski definition) is 4. The van der Waals surface area contributed by atoms with Crippen LogP contribution >= 0.6 is 11.8 Å². The van der Waals surface area contributed by atoms with Gasteiger partial charge in [-0.25, -0.2) is 9.37 Å². The van der Waals surface area contributed by atoms with Gasteiger partial charge in [-0.05, 0) is 45.0 Å². The first-order chi connectivity index (χ1) is 12.9. The zero-order chi connectivity index (χ0) is 19.6. The number of anilines is 1. The minimum absolute atomic E-state index is 0.112. The van der Waals surface area contributed by atoms with Crippen molar-refractivity contribution in [2.75, 3.05) is 5.32 Å². The van der Waals surface area contributed by atoms with Crippen LogP contribution in [0.3, 0.4) is 0 Å². The number of nitrogens with one attached hydrogen (secondary N) is 1. The maximum absolute atomic E-state index is 13.8. The van der Waals surface area contributed by atoms with Crippen molar-refractivity contribution >= 4 is 34.3 Å². The molecule has 0 aliphatic carbocycles. The first-order valence-corrected chi connectivity index (χ1v) is 9.49. The largest absolute Gasteiger partial charge is 0.323 e. The molecule has 3 aromatic rings. The summed E-state index contributed by atoms with van der Waals surface area (Å²) in [6.45, 7) is 5.49. The van der Waals surface area contributed by atoms with Crippen LogP contribution in [0.2, 0.25) is 0 Å². The van der Waals surface area contributed by atoms with E-state index in [2.05, 4.69) is 10.3 Å². The third-order valence-corrected chi connectivity index (χ3v) is 5.14.